The summed E-state index contributed by atoms with van der Waals surface area (Å²) in [5, 5.41) is 10.8. The third kappa shape index (κ3) is 1.79. The van der Waals surface area contributed by atoms with Crippen molar-refractivity contribution in [2.45, 2.75) is 65.0 Å². The molecule has 1 N–H and O–H groups in total. The van der Waals surface area contributed by atoms with E-state index in [1.807, 2.05) is 34.6 Å². The quantitative estimate of drug-likeness (QED) is 0.597. The zero-order valence-corrected chi connectivity index (χ0v) is 10.9. The van der Waals surface area contributed by atoms with Gasteiger partial charge in [-0.05, 0) is 26.7 Å². The fourth-order valence-corrected chi connectivity index (χ4v) is 2.65. The van der Waals surface area contributed by atoms with E-state index in [0.717, 1.165) is 12.8 Å². The van der Waals surface area contributed by atoms with Gasteiger partial charge in [0.2, 0.25) is 0 Å². The molecule has 1 aliphatic heterocycles. The predicted octanol–water partition coefficient (Wildman–Crippen LogP) is 2.64. The highest BCUT2D eigenvalue weighted by atomic mass is 17.2. The number of ketones is 1. The second-order valence-electron chi connectivity index (χ2n) is 5.30. The predicted molar refractivity (Wildman–Crippen MR) is 61.7 cm³/mol. The average Bonchev–Trinajstić information content (AvgIpc) is 2.26. The Morgan fingerprint density at radius 2 is 2.00 bits per heavy atom. The van der Waals surface area contributed by atoms with E-state index in [1.165, 1.54) is 0 Å². The Morgan fingerprint density at radius 1 is 1.44 bits per heavy atom. The van der Waals surface area contributed by atoms with Crippen molar-refractivity contribution in [2.24, 2.45) is 5.92 Å². The van der Waals surface area contributed by atoms with E-state index in [9.17, 15) is 4.79 Å². The molecule has 1 fully saturated rings. The fourth-order valence-electron chi connectivity index (χ4n) is 2.65. The lowest BCUT2D eigenvalue weighted by Crippen LogP contribution is -2.66. The molecule has 0 aromatic heterocycles. The minimum absolute atomic E-state index is 0.121. The molecule has 0 saturated carbocycles. The van der Waals surface area contributed by atoms with Crippen molar-refractivity contribution < 1.29 is 15.0 Å². The van der Waals surface area contributed by atoms with Crippen LogP contribution in [0.15, 0.2) is 0 Å². The summed E-state index contributed by atoms with van der Waals surface area (Å²) in [6.07, 6.45) is 1.96. The topological polar surface area (TPSA) is 49.8 Å². The molecule has 0 aromatic rings. The Labute approximate surface area is 97.5 Å². The third-order valence-electron chi connectivity index (χ3n) is 4.48. The molecule has 0 bridgehead atoms. The van der Waals surface area contributed by atoms with Gasteiger partial charge in [0, 0.05) is 12.3 Å². The molecule has 4 nitrogen and oxygen atoms in total. The van der Waals surface area contributed by atoms with Crippen molar-refractivity contribution in [1.82, 2.24) is 5.06 Å². The Morgan fingerprint density at radius 3 is 2.38 bits per heavy atom. The number of nitrogens with zero attached hydrogens (tertiary/aromatic N) is 1. The van der Waals surface area contributed by atoms with Gasteiger partial charge in [-0.2, -0.15) is 0 Å². The number of hydroxylamine groups is 2. The summed E-state index contributed by atoms with van der Waals surface area (Å²) in [5.74, 6) is 0.131. The van der Waals surface area contributed by atoms with Crippen molar-refractivity contribution in [3.63, 3.8) is 0 Å². The van der Waals surface area contributed by atoms with Gasteiger partial charge < -0.3 is 0 Å². The van der Waals surface area contributed by atoms with E-state index in [2.05, 4.69) is 4.99 Å². The van der Waals surface area contributed by atoms with Crippen LogP contribution >= 0.6 is 0 Å². The second kappa shape index (κ2) is 4.43. The summed E-state index contributed by atoms with van der Waals surface area (Å²) in [7, 11) is 0. The molecule has 1 aliphatic rings. The van der Waals surface area contributed by atoms with Crippen molar-refractivity contribution in [3.05, 3.63) is 0 Å². The lowest BCUT2D eigenvalue weighted by molar-refractivity contribution is -0.457. The van der Waals surface area contributed by atoms with Crippen LogP contribution in [0.1, 0.15) is 53.9 Å². The Balaban J connectivity index is 3.17. The highest BCUT2D eigenvalue weighted by Crippen LogP contribution is 2.43. The minimum atomic E-state index is -0.436. The summed E-state index contributed by atoms with van der Waals surface area (Å²) in [4.78, 5) is 16.6. The Hall–Kier alpha value is -0.450. The molecular weight excluding hydrogens is 206 g/mol. The number of carbonyl (C=O) groups excluding carboxylic acids is 1. The van der Waals surface area contributed by atoms with Crippen LogP contribution in [0, 0.1) is 5.92 Å². The third-order valence-corrected chi connectivity index (χ3v) is 4.48. The highest BCUT2D eigenvalue weighted by molar-refractivity contribution is 5.84. The van der Waals surface area contributed by atoms with Crippen LogP contribution in [-0.4, -0.2) is 27.2 Å². The molecular formula is C12H23NO3. The smallest absolute Gasteiger partial charge is 0.139 e. The summed E-state index contributed by atoms with van der Waals surface area (Å²) in [6.45, 7) is 9.86. The summed E-state index contributed by atoms with van der Waals surface area (Å²) in [6, 6.07) is 0. The van der Waals surface area contributed by atoms with Gasteiger partial charge in [0.1, 0.15) is 5.78 Å². The minimum Gasteiger partial charge on any atom is -0.299 e. The first-order chi connectivity index (χ1) is 7.35. The maximum absolute atomic E-state index is 12.0. The van der Waals surface area contributed by atoms with Crippen molar-refractivity contribution in [2.75, 3.05) is 0 Å². The van der Waals surface area contributed by atoms with Crippen LogP contribution in [0.25, 0.3) is 0 Å². The van der Waals surface area contributed by atoms with E-state index in [1.54, 1.807) is 5.06 Å². The molecule has 0 spiro atoms. The van der Waals surface area contributed by atoms with Crippen molar-refractivity contribution in [1.29, 1.82) is 0 Å². The van der Waals surface area contributed by atoms with Gasteiger partial charge in [-0.3, -0.25) is 4.79 Å². The molecule has 1 heterocycles. The molecule has 16 heavy (non-hydrogen) atoms. The average molecular weight is 229 g/mol. The van der Waals surface area contributed by atoms with Crippen LogP contribution in [0.3, 0.4) is 0 Å². The normalized spacial score (nSPS) is 41.4. The molecule has 3 unspecified atom stereocenters. The van der Waals surface area contributed by atoms with Gasteiger partial charge in [0.05, 0.1) is 11.1 Å². The maximum Gasteiger partial charge on any atom is 0.139 e. The van der Waals surface area contributed by atoms with Crippen LogP contribution in [0.4, 0.5) is 0 Å². The SMILES string of the molecule is CCC1(C)CC(=O)C(C)C(C)(CC)N1OO. The molecule has 0 radical (unpaired) electrons. The van der Waals surface area contributed by atoms with Gasteiger partial charge in [-0.1, -0.05) is 20.8 Å². The van der Waals surface area contributed by atoms with Crippen LogP contribution in [0.2, 0.25) is 0 Å². The van der Waals surface area contributed by atoms with Gasteiger partial charge in [0.25, 0.3) is 0 Å². The number of Topliss-reactive ketones (excluding diaryl/α,β-unsaturated/α-hetero) is 1. The lowest BCUT2D eigenvalue weighted by atomic mass is 9.70. The van der Waals surface area contributed by atoms with Crippen LogP contribution in [-0.2, 0) is 9.78 Å². The molecule has 0 aliphatic carbocycles. The summed E-state index contributed by atoms with van der Waals surface area (Å²) < 4.78 is 0. The number of carbonyl (C=O) groups is 1. The van der Waals surface area contributed by atoms with Gasteiger partial charge >= 0.3 is 0 Å². The van der Waals surface area contributed by atoms with E-state index >= 15 is 0 Å². The Kier molecular flexibility index (Phi) is 3.77. The molecule has 94 valence electrons. The molecule has 0 aromatic carbocycles. The van der Waals surface area contributed by atoms with E-state index < -0.39 is 11.1 Å². The second-order valence-corrected chi connectivity index (χ2v) is 5.30. The molecule has 0 amide bonds. The zero-order chi connectivity index (χ0) is 12.6. The molecule has 1 saturated heterocycles. The number of piperidine rings is 1. The molecule has 3 atom stereocenters. The van der Waals surface area contributed by atoms with E-state index in [-0.39, 0.29) is 11.7 Å². The van der Waals surface area contributed by atoms with Gasteiger partial charge in [0.15, 0.2) is 0 Å². The maximum atomic E-state index is 12.0. The first-order valence-corrected chi connectivity index (χ1v) is 6.00. The zero-order valence-electron chi connectivity index (χ0n) is 10.9. The largest absolute Gasteiger partial charge is 0.299 e. The van der Waals surface area contributed by atoms with E-state index in [4.69, 9.17) is 5.26 Å². The monoisotopic (exact) mass is 229 g/mol. The fraction of sp³-hybridized carbons (Fsp3) is 0.917. The molecule has 4 heteroatoms. The Bertz CT molecular complexity index is 281. The van der Waals surface area contributed by atoms with Crippen molar-refractivity contribution in [3.8, 4) is 0 Å². The van der Waals surface area contributed by atoms with Crippen LogP contribution in [0.5, 0.6) is 0 Å². The van der Waals surface area contributed by atoms with Gasteiger partial charge in [-0.15, -0.1) is 10.1 Å². The number of rotatable bonds is 3. The van der Waals surface area contributed by atoms with Gasteiger partial charge in [-0.25, -0.2) is 5.26 Å². The van der Waals surface area contributed by atoms with Crippen LogP contribution < -0.4 is 0 Å². The lowest BCUT2D eigenvalue weighted by Gasteiger charge is -2.54. The first kappa shape index (κ1) is 13.6. The number of hydrogen-bond donors (Lipinski definition) is 1. The first-order valence-electron chi connectivity index (χ1n) is 6.00. The standard InChI is InChI=1S/C12H23NO3/c1-6-11(4)8-10(14)9(3)12(5,7-2)13(11)16-15/h9,15H,6-8H2,1-5H3. The summed E-state index contributed by atoms with van der Waals surface area (Å²) >= 11 is 0. The van der Waals surface area contributed by atoms with Crippen molar-refractivity contribution >= 4 is 5.78 Å². The van der Waals surface area contributed by atoms with E-state index in [0.29, 0.717) is 6.42 Å². The highest BCUT2D eigenvalue weighted by Gasteiger charge is 2.53. The number of hydrogen-bond acceptors (Lipinski definition) is 4. The molecule has 1 rings (SSSR count). The summed E-state index contributed by atoms with van der Waals surface area (Å²) in [5.41, 5.74) is -0.849.